The SMILES string of the molecule is CCCN(C(=O)Cc1ccc(I)cc1)c1ccccc1. The molecular weight excluding hydrogens is 361 g/mol. The molecule has 2 rings (SSSR count). The fourth-order valence-corrected chi connectivity index (χ4v) is 2.46. The Balaban J connectivity index is 2.13. The Bertz CT molecular complexity index is 551. The van der Waals surface area contributed by atoms with Crippen LogP contribution in [0.1, 0.15) is 18.9 Å². The van der Waals surface area contributed by atoms with Crippen LogP contribution >= 0.6 is 22.6 Å². The third-order valence-electron chi connectivity index (χ3n) is 3.08. The number of nitrogens with zero attached hydrogens (tertiary/aromatic N) is 1. The van der Waals surface area contributed by atoms with Crippen LogP contribution in [-0.4, -0.2) is 12.5 Å². The molecule has 2 nitrogen and oxygen atoms in total. The van der Waals surface area contributed by atoms with E-state index >= 15 is 0 Å². The van der Waals surface area contributed by atoms with Crippen molar-refractivity contribution in [3.8, 4) is 0 Å². The van der Waals surface area contributed by atoms with Gasteiger partial charge in [0, 0.05) is 15.8 Å². The lowest BCUT2D eigenvalue weighted by Crippen LogP contribution is -2.32. The molecule has 0 aliphatic rings. The van der Waals surface area contributed by atoms with Crippen molar-refractivity contribution >= 4 is 34.2 Å². The van der Waals surface area contributed by atoms with Gasteiger partial charge < -0.3 is 4.90 Å². The number of hydrogen-bond acceptors (Lipinski definition) is 1. The number of amides is 1. The van der Waals surface area contributed by atoms with Crippen molar-refractivity contribution < 1.29 is 4.79 Å². The molecule has 0 heterocycles. The topological polar surface area (TPSA) is 20.3 Å². The summed E-state index contributed by atoms with van der Waals surface area (Å²) in [6.45, 7) is 2.85. The van der Waals surface area contributed by atoms with Crippen LogP contribution in [0.2, 0.25) is 0 Å². The fourth-order valence-electron chi connectivity index (χ4n) is 2.10. The van der Waals surface area contributed by atoms with Crippen LogP contribution in [0, 0.1) is 3.57 Å². The van der Waals surface area contributed by atoms with Crippen LogP contribution in [-0.2, 0) is 11.2 Å². The molecule has 2 aromatic carbocycles. The van der Waals surface area contributed by atoms with Gasteiger partial charge in [0.15, 0.2) is 0 Å². The second kappa shape index (κ2) is 7.43. The summed E-state index contributed by atoms with van der Waals surface area (Å²) in [7, 11) is 0. The summed E-state index contributed by atoms with van der Waals surface area (Å²) in [4.78, 5) is 14.4. The Kier molecular flexibility index (Phi) is 5.59. The van der Waals surface area contributed by atoms with Crippen molar-refractivity contribution in [2.45, 2.75) is 19.8 Å². The summed E-state index contributed by atoms with van der Waals surface area (Å²) in [5, 5.41) is 0. The zero-order valence-electron chi connectivity index (χ0n) is 11.6. The van der Waals surface area contributed by atoms with Crippen LogP contribution in [0.4, 0.5) is 5.69 Å². The van der Waals surface area contributed by atoms with E-state index in [1.54, 1.807) is 0 Å². The van der Waals surface area contributed by atoms with Gasteiger partial charge in [-0.05, 0) is 58.8 Å². The van der Waals surface area contributed by atoms with Gasteiger partial charge in [0.05, 0.1) is 6.42 Å². The third kappa shape index (κ3) is 4.07. The van der Waals surface area contributed by atoms with E-state index in [-0.39, 0.29) is 5.91 Å². The molecule has 0 radical (unpaired) electrons. The molecule has 2 aromatic rings. The van der Waals surface area contributed by atoms with Gasteiger partial charge in [-0.1, -0.05) is 37.3 Å². The molecule has 0 saturated heterocycles. The van der Waals surface area contributed by atoms with E-state index in [9.17, 15) is 4.79 Å². The van der Waals surface area contributed by atoms with Crippen LogP contribution in [0.5, 0.6) is 0 Å². The van der Waals surface area contributed by atoms with Gasteiger partial charge in [-0.25, -0.2) is 0 Å². The summed E-state index contributed by atoms with van der Waals surface area (Å²) >= 11 is 2.27. The maximum absolute atomic E-state index is 12.5. The minimum absolute atomic E-state index is 0.152. The first-order valence-corrected chi connectivity index (χ1v) is 7.88. The molecule has 0 atom stereocenters. The first kappa shape index (κ1) is 15.0. The fraction of sp³-hybridized carbons (Fsp3) is 0.235. The highest BCUT2D eigenvalue weighted by atomic mass is 127. The first-order valence-electron chi connectivity index (χ1n) is 6.80. The largest absolute Gasteiger partial charge is 0.312 e. The Hall–Kier alpha value is -1.36. The number of hydrogen-bond donors (Lipinski definition) is 0. The molecule has 0 aromatic heterocycles. The first-order chi connectivity index (χ1) is 9.70. The Morgan fingerprint density at radius 1 is 1.05 bits per heavy atom. The van der Waals surface area contributed by atoms with E-state index in [0.29, 0.717) is 6.42 Å². The summed E-state index contributed by atoms with van der Waals surface area (Å²) in [5.74, 6) is 0.152. The Labute approximate surface area is 133 Å². The van der Waals surface area contributed by atoms with Crippen LogP contribution in [0.25, 0.3) is 0 Å². The minimum atomic E-state index is 0.152. The van der Waals surface area contributed by atoms with E-state index in [0.717, 1.165) is 24.2 Å². The normalized spacial score (nSPS) is 10.3. The van der Waals surface area contributed by atoms with Crippen molar-refractivity contribution in [3.05, 3.63) is 63.7 Å². The van der Waals surface area contributed by atoms with Crippen molar-refractivity contribution in [1.82, 2.24) is 0 Å². The van der Waals surface area contributed by atoms with Crippen LogP contribution < -0.4 is 4.90 Å². The average Bonchev–Trinajstić information content (AvgIpc) is 2.48. The number of carbonyl (C=O) groups excluding carboxylic acids is 1. The van der Waals surface area contributed by atoms with E-state index in [1.807, 2.05) is 59.5 Å². The summed E-state index contributed by atoms with van der Waals surface area (Å²) < 4.78 is 1.19. The van der Waals surface area contributed by atoms with Gasteiger partial charge in [0.25, 0.3) is 0 Å². The van der Waals surface area contributed by atoms with Crippen molar-refractivity contribution in [2.75, 3.05) is 11.4 Å². The molecule has 0 spiro atoms. The highest BCUT2D eigenvalue weighted by molar-refractivity contribution is 14.1. The van der Waals surface area contributed by atoms with Crippen LogP contribution in [0.15, 0.2) is 54.6 Å². The Morgan fingerprint density at radius 3 is 2.30 bits per heavy atom. The molecule has 20 heavy (non-hydrogen) atoms. The molecule has 0 aliphatic heterocycles. The third-order valence-corrected chi connectivity index (χ3v) is 3.80. The predicted molar refractivity (Wildman–Crippen MR) is 91.9 cm³/mol. The lowest BCUT2D eigenvalue weighted by atomic mass is 10.1. The lowest BCUT2D eigenvalue weighted by Gasteiger charge is -2.22. The quantitative estimate of drug-likeness (QED) is 0.711. The summed E-state index contributed by atoms with van der Waals surface area (Å²) in [6.07, 6.45) is 1.40. The summed E-state index contributed by atoms with van der Waals surface area (Å²) in [5.41, 5.74) is 2.04. The van der Waals surface area contributed by atoms with E-state index in [4.69, 9.17) is 0 Å². The number of carbonyl (C=O) groups is 1. The highest BCUT2D eigenvalue weighted by Gasteiger charge is 2.14. The number of benzene rings is 2. The molecule has 0 saturated carbocycles. The number of halogens is 1. The maximum atomic E-state index is 12.5. The maximum Gasteiger partial charge on any atom is 0.231 e. The standard InChI is InChI=1S/C17H18INO/c1-2-12-19(16-6-4-3-5-7-16)17(20)13-14-8-10-15(18)11-9-14/h3-11H,2,12-13H2,1H3. The van der Waals surface area contributed by atoms with Crippen LogP contribution in [0.3, 0.4) is 0 Å². The van der Waals surface area contributed by atoms with Gasteiger partial charge in [0.2, 0.25) is 5.91 Å². The van der Waals surface area contributed by atoms with Gasteiger partial charge in [0.1, 0.15) is 0 Å². The molecule has 0 N–H and O–H groups in total. The number of anilines is 1. The Morgan fingerprint density at radius 2 is 1.70 bits per heavy atom. The lowest BCUT2D eigenvalue weighted by molar-refractivity contribution is -0.118. The van der Waals surface area contributed by atoms with Crippen molar-refractivity contribution in [1.29, 1.82) is 0 Å². The monoisotopic (exact) mass is 379 g/mol. The second-order valence-electron chi connectivity index (χ2n) is 4.68. The molecule has 1 amide bonds. The molecule has 0 unspecified atom stereocenters. The summed E-state index contributed by atoms with van der Waals surface area (Å²) in [6, 6.07) is 18.0. The molecular formula is C17H18INO. The smallest absolute Gasteiger partial charge is 0.231 e. The van der Waals surface area contributed by atoms with Gasteiger partial charge in [-0.2, -0.15) is 0 Å². The molecule has 0 fully saturated rings. The second-order valence-corrected chi connectivity index (χ2v) is 5.93. The van der Waals surface area contributed by atoms with Crippen molar-refractivity contribution in [2.24, 2.45) is 0 Å². The molecule has 104 valence electrons. The highest BCUT2D eigenvalue weighted by Crippen LogP contribution is 2.16. The minimum Gasteiger partial charge on any atom is -0.312 e. The molecule has 3 heteroatoms. The molecule has 0 bridgehead atoms. The van der Waals surface area contributed by atoms with E-state index in [1.165, 1.54) is 3.57 Å². The zero-order valence-corrected chi connectivity index (χ0v) is 13.7. The molecule has 0 aliphatic carbocycles. The number of rotatable bonds is 5. The van der Waals surface area contributed by atoms with E-state index < -0.39 is 0 Å². The number of para-hydroxylation sites is 1. The van der Waals surface area contributed by atoms with Crippen molar-refractivity contribution in [3.63, 3.8) is 0 Å². The zero-order chi connectivity index (χ0) is 14.4. The van der Waals surface area contributed by atoms with Gasteiger partial charge >= 0.3 is 0 Å². The van der Waals surface area contributed by atoms with E-state index in [2.05, 4.69) is 29.5 Å². The predicted octanol–water partition coefficient (Wildman–Crippen LogP) is 4.28. The average molecular weight is 379 g/mol. The van der Waals surface area contributed by atoms with Gasteiger partial charge in [-0.15, -0.1) is 0 Å². The van der Waals surface area contributed by atoms with Gasteiger partial charge in [-0.3, -0.25) is 4.79 Å².